The predicted molar refractivity (Wildman–Crippen MR) is 85.8 cm³/mol. The molecule has 1 aliphatic heterocycles. The van der Waals surface area contributed by atoms with Gasteiger partial charge in [0.25, 0.3) is 5.91 Å². The van der Waals surface area contributed by atoms with Crippen LogP contribution in [0.2, 0.25) is 0 Å². The Kier molecular flexibility index (Phi) is 4.74. The van der Waals surface area contributed by atoms with Gasteiger partial charge in [-0.2, -0.15) is 0 Å². The summed E-state index contributed by atoms with van der Waals surface area (Å²) in [7, 11) is 0. The Morgan fingerprint density at radius 3 is 2.35 bits per heavy atom. The van der Waals surface area contributed by atoms with E-state index >= 15 is 0 Å². The molecular formula is C17H19F3N4O2. The lowest BCUT2D eigenvalue weighted by Crippen LogP contribution is -2.39. The fourth-order valence-corrected chi connectivity index (χ4v) is 2.93. The minimum Gasteiger partial charge on any atom is -0.384 e. The molecule has 0 bridgehead atoms. The lowest BCUT2D eigenvalue weighted by molar-refractivity contribution is 0.0683. The number of rotatable bonds is 3. The highest BCUT2D eigenvalue weighted by Gasteiger charge is 2.29. The number of aliphatic hydroxyl groups is 1. The van der Waals surface area contributed by atoms with Gasteiger partial charge in [-0.1, -0.05) is 5.21 Å². The molecule has 140 valence electrons. The molecule has 0 unspecified atom stereocenters. The molecule has 26 heavy (non-hydrogen) atoms. The summed E-state index contributed by atoms with van der Waals surface area (Å²) in [6.45, 7) is 3.86. The van der Waals surface area contributed by atoms with Crippen molar-refractivity contribution in [1.29, 1.82) is 0 Å². The molecule has 0 saturated carbocycles. The van der Waals surface area contributed by atoms with Crippen LogP contribution < -0.4 is 0 Å². The Hall–Kier alpha value is -2.42. The number of nitrogens with zero attached hydrogens (tertiary/aromatic N) is 4. The van der Waals surface area contributed by atoms with Crippen molar-refractivity contribution in [1.82, 2.24) is 19.9 Å². The highest BCUT2D eigenvalue weighted by molar-refractivity contribution is 5.94. The number of aromatic nitrogens is 3. The van der Waals surface area contributed by atoms with Crippen LogP contribution in [0.3, 0.4) is 0 Å². The fraction of sp³-hybridized carbons (Fsp3) is 0.471. The number of halogens is 3. The van der Waals surface area contributed by atoms with E-state index in [1.165, 1.54) is 4.90 Å². The molecular weight excluding hydrogens is 349 g/mol. The van der Waals surface area contributed by atoms with Crippen LogP contribution in [0.15, 0.2) is 18.3 Å². The topological polar surface area (TPSA) is 71.2 Å². The maximum Gasteiger partial charge on any atom is 0.256 e. The zero-order valence-electron chi connectivity index (χ0n) is 14.4. The smallest absolute Gasteiger partial charge is 0.256 e. The Morgan fingerprint density at radius 1 is 1.15 bits per heavy atom. The molecule has 3 rings (SSSR count). The van der Waals surface area contributed by atoms with Gasteiger partial charge in [0, 0.05) is 19.2 Å². The molecule has 6 nitrogen and oxygen atoms in total. The van der Waals surface area contributed by atoms with E-state index in [4.69, 9.17) is 0 Å². The number of hydrogen-bond acceptors (Lipinski definition) is 4. The molecule has 1 amide bonds. The van der Waals surface area contributed by atoms with E-state index in [-0.39, 0.29) is 6.04 Å². The Balaban J connectivity index is 1.68. The second-order valence-electron chi connectivity index (χ2n) is 6.91. The van der Waals surface area contributed by atoms with Gasteiger partial charge in [0.05, 0.1) is 17.8 Å². The van der Waals surface area contributed by atoms with Gasteiger partial charge in [-0.3, -0.25) is 4.79 Å². The average molecular weight is 368 g/mol. The van der Waals surface area contributed by atoms with Crippen molar-refractivity contribution in [2.45, 2.75) is 38.3 Å². The van der Waals surface area contributed by atoms with Crippen LogP contribution >= 0.6 is 0 Å². The lowest BCUT2D eigenvalue weighted by Gasteiger charge is -2.32. The molecule has 1 aromatic carbocycles. The van der Waals surface area contributed by atoms with Crippen molar-refractivity contribution in [3.05, 3.63) is 47.0 Å². The molecule has 1 N–H and O–H groups in total. The molecule has 1 aromatic heterocycles. The number of benzene rings is 1. The first kappa shape index (κ1) is 18.4. The van der Waals surface area contributed by atoms with Gasteiger partial charge in [0.15, 0.2) is 11.6 Å². The summed E-state index contributed by atoms with van der Waals surface area (Å²) in [5.41, 5.74) is -1.13. The van der Waals surface area contributed by atoms with Gasteiger partial charge in [-0.25, -0.2) is 17.9 Å². The first-order valence-corrected chi connectivity index (χ1v) is 8.25. The third kappa shape index (κ3) is 3.57. The van der Waals surface area contributed by atoms with Crippen molar-refractivity contribution in [2.75, 3.05) is 13.1 Å². The first-order valence-electron chi connectivity index (χ1n) is 8.25. The Morgan fingerprint density at radius 2 is 1.77 bits per heavy atom. The van der Waals surface area contributed by atoms with Crippen molar-refractivity contribution in [2.24, 2.45) is 0 Å². The van der Waals surface area contributed by atoms with E-state index in [1.807, 2.05) is 0 Å². The Labute approximate surface area is 148 Å². The third-order valence-corrected chi connectivity index (χ3v) is 4.50. The van der Waals surface area contributed by atoms with Crippen LogP contribution in [0.1, 0.15) is 48.8 Å². The van der Waals surface area contributed by atoms with Gasteiger partial charge >= 0.3 is 0 Å². The standard InChI is InChI=1S/C17H19F3N4O2/c1-17(2,26)15-9-24(22-21-15)10-3-5-23(6-4-10)16(25)11-7-13(19)14(20)8-12(11)18/h7-10,26H,3-6H2,1-2H3. The van der Waals surface area contributed by atoms with E-state index in [1.54, 1.807) is 24.7 Å². The van der Waals surface area contributed by atoms with E-state index in [0.717, 1.165) is 0 Å². The number of carbonyl (C=O) groups is 1. The zero-order chi connectivity index (χ0) is 19.1. The van der Waals surface area contributed by atoms with Crippen molar-refractivity contribution in [3.8, 4) is 0 Å². The van der Waals surface area contributed by atoms with Gasteiger partial charge in [-0.05, 0) is 32.8 Å². The molecule has 2 heterocycles. The minimum atomic E-state index is -1.33. The number of likely N-dealkylation sites (tertiary alicyclic amines) is 1. The normalized spacial score (nSPS) is 16.2. The van der Waals surface area contributed by atoms with E-state index in [2.05, 4.69) is 10.3 Å². The van der Waals surface area contributed by atoms with Crippen molar-refractivity contribution >= 4 is 5.91 Å². The van der Waals surface area contributed by atoms with E-state index < -0.39 is 34.5 Å². The van der Waals surface area contributed by atoms with Crippen molar-refractivity contribution in [3.63, 3.8) is 0 Å². The van der Waals surface area contributed by atoms with Crippen LogP contribution in [0.4, 0.5) is 13.2 Å². The van der Waals surface area contributed by atoms with Crippen LogP contribution in [0, 0.1) is 17.5 Å². The van der Waals surface area contributed by atoms with Gasteiger partial charge in [0.2, 0.25) is 0 Å². The maximum absolute atomic E-state index is 13.8. The number of hydrogen-bond donors (Lipinski definition) is 1. The first-order chi connectivity index (χ1) is 12.2. The molecule has 1 fully saturated rings. The summed E-state index contributed by atoms with van der Waals surface area (Å²) < 4.78 is 41.8. The Bertz CT molecular complexity index is 824. The number of piperidine rings is 1. The second kappa shape index (κ2) is 6.71. The fourth-order valence-electron chi connectivity index (χ4n) is 2.93. The molecule has 0 atom stereocenters. The molecule has 0 radical (unpaired) electrons. The average Bonchev–Trinajstić information content (AvgIpc) is 3.08. The summed E-state index contributed by atoms with van der Waals surface area (Å²) in [6, 6.07) is 0.951. The molecule has 2 aromatic rings. The second-order valence-corrected chi connectivity index (χ2v) is 6.91. The maximum atomic E-state index is 13.8. The largest absolute Gasteiger partial charge is 0.384 e. The number of amides is 1. The lowest BCUT2D eigenvalue weighted by atomic mass is 10.0. The van der Waals surface area contributed by atoms with Gasteiger partial charge in [-0.15, -0.1) is 5.10 Å². The van der Waals surface area contributed by atoms with E-state index in [0.29, 0.717) is 43.8 Å². The monoisotopic (exact) mass is 368 g/mol. The quantitative estimate of drug-likeness (QED) is 0.845. The molecule has 0 aliphatic carbocycles. The highest BCUT2D eigenvalue weighted by atomic mass is 19.2. The van der Waals surface area contributed by atoms with Crippen LogP contribution in [0.5, 0.6) is 0 Å². The molecule has 0 spiro atoms. The van der Waals surface area contributed by atoms with Gasteiger partial charge < -0.3 is 10.0 Å². The summed E-state index contributed by atoms with van der Waals surface area (Å²) in [6.07, 6.45) is 2.76. The molecule has 1 aliphatic rings. The molecule has 1 saturated heterocycles. The summed E-state index contributed by atoms with van der Waals surface area (Å²) in [5.74, 6) is -4.34. The van der Waals surface area contributed by atoms with Crippen LogP contribution in [-0.2, 0) is 5.60 Å². The summed E-state index contributed by atoms with van der Waals surface area (Å²) in [5, 5.41) is 17.9. The number of carbonyl (C=O) groups excluding carboxylic acids is 1. The van der Waals surface area contributed by atoms with Crippen LogP contribution in [0.25, 0.3) is 0 Å². The summed E-state index contributed by atoms with van der Waals surface area (Å²) in [4.78, 5) is 13.8. The third-order valence-electron chi connectivity index (χ3n) is 4.50. The SMILES string of the molecule is CC(C)(O)c1cn(C2CCN(C(=O)c3cc(F)c(F)cc3F)CC2)nn1. The minimum absolute atomic E-state index is 0.0162. The highest BCUT2D eigenvalue weighted by Crippen LogP contribution is 2.26. The predicted octanol–water partition coefficient (Wildman–Crippen LogP) is 2.40. The summed E-state index contributed by atoms with van der Waals surface area (Å²) >= 11 is 0. The van der Waals surface area contributed by atoms with Gasteiger partial charge in [0.1, 0.15) is 17.1 Å². The van der Waals surface area contributed by atoms with E-state index in [9.17, 15) is 23.1 Å². The van der Waals surface area contributed by atoms with Crippen molar-refractivity contribution < 1.29 is 23.1 Å². The van der Waals surface area contributed by atoms with Crippen LogP contribution in [-0.4, -0.2) is 44.0 Å². The molecule has 9 heteroatoms. The zero-order valence-corrected chi connectivity index (χ0v) is 14.4.